The van der Waals surface area contributed by atoms with Crippen molar-refractivity contribution in [3.05, 3.63) is 104 Å². The van der Waals surface area contributed by atoms with E-state index in [1.165, 1.54) is 11.8 Å². The van der Waals surface area contributed by atoms with Gasteiger partial charge in [0.1, 0.15) is 6.04 Å². The normalized spacial score (nSPS) is 11.7. The second-order valence-corrected chi connectivity index (χ2v) is 11.5. The van der Waals surface area contributed by atoms with Gasteiger partial charge in [-0.15, -0.1) is 11.8 Å². The fourth-order valence-corrected chi connectivity index (χ4v) is 5.51. The highest BCUT2D eigenvalue weighted by molar-refractivity contribution is 7.99. The Balaban J connectivity index is 1.86. The van der Waals surface area contributed by atoms with Crippen LogP contribution in [0, 0.1) is 0 Å². The molecule has 1 N–H and O–H groups in total. The molecule has 0 saturated carbocycles. The lowest BCUT2D eigenvalue weighted by Gasteiger charge is -2.32. The van der Waals surface area contributed by atoms with E-state index in [0.717, 1.165) is 29.5 Å². The van der Waals surface area contributed by atoms with Gasteiger partial charge in [-0.1, -0.05) is 102 Å². The maximum atomic E-state index is 13.7. The Bertz CT molecular complexity index is 1230. The van der Waals surface area contributed by atoms with E-state index in [0.29, 0.717) is 38.8 Å². The minimum Gasteiger partial charge on any atom is -0.354 e. The number of nitrogens with zero attached hydrogens (tertiary/aromatic N) is 1. The summed E-state index contributed by atoms with van der Waals surface area (Å²) in [5.74, 6) is 0.409. The van der Waals surface area contributed by atoms with Gasteiger partial charge in [0, 0.05) is 35.3 Å². The van der Waals surface area contributed by atoms with Crippen molar-refractivity contribution in [1.29, 1.82) is 0 Å². The highest BCUT2D eigenvalue weighted by Crippen LogP contribution is 2.27. The van der Waals surface area contributed by atoms with Gasteiger partial charge in [0.05, 0.1) is 15.8 Å². The fourth-order valence-electron chi connectivity index (χ4n) is 3.86. The van der Waals surface area contributed by atoms with Gasteiger partial charge in [-0.25, -0.2) is 0 Å². The highest BCUT2D eigenvalue weighted by Gasteiger charge is 2.30. The molecular weight excluding hydrogens is 582 g/mol. The van der Waals surface area contributed by atoms with Crippen molar-refractivity contribution >= 4 is 70.0 Å². The molecule has 9 heteroatoms. The van der Waals surface area contributed by atoms with Gasteiger partial charge in [0.25, 0.3) is 0 Å². The van der Waals surface area contributed by atoms with E-state index in [4.69, 9.17) is 46.4 Å². The number of hydrogen-bond donors (Lipinski definition) is 1. The fraction of sp³-hybridized carbons (Fsp3) is 0.310. The summed E-state index contributed by atoms with van der Waals surface area (Å²) in [5.41, 5.74) is 2.65. The summed E-state index contributed by atoms with van der Waals surface area (Å²) >= 11 is 26.2. The van der Waals surface area contributed by atoms with Gasteiger partial charge in [0.15, 0.2) is 0 Å². The number of rotatable bonds is 13. The minimum absolute atomic E-state index is 0.160. The van der Waals surface area contributed by atoms with Crippen LogP contribution < -0.4 is 5.32 Å². The molecule has 38 heavy (non-hydrogen) atoms. The van der Waals surface area contributed by atoms with Crippen molar-refractivity contribution in [3.63, 3.8) is 0 Å². The topological polar surface area (TPSA) is 49.4 Å². The minimum atomic E-state index is -0.709. The van der Waals surface area contributed by atoms with Gasteiger partial charge < -0.3 is 10.2 Å². The first-order chi connectivity index (χ1) is 18.3. The monoisotopic (exact) mass is 610 g/mol. The first-order valence-electron chi connectivity index (χ1n) is 12.3. The SMILES string of the molecule is CCCCNC(=O)[C@H](Cc1ccccc1)N(Cc1ccc(Cl)cc1Cl)C(=O)CSCc1ccc(Cl)c(Cl)c1. The second-order valence-electron chi connectivity index (χ2n) is 8.85. The number of hydrogen-bond acceptors (Lipinski definition) is 3. The smallest absolute Gasteiger partial charge is 0.243 e. The Morgan fingerprint density at radius 3 is 2.34 bits per heavy atom. The second kappa shape index (κ2) is 15.6. The standard InChI is InChI=1S/C29H30Cl4N2O2S/c1-2-3-13-34-29(37)27(15-20-7-5-4-6-8-20)35(17-22-10-11-23(30)16-25(22)32)28(36)19-38-18-21-9-12-24(31)26(33)14-21/h4-12,14,16,27H,2-3,13,15,17-19H2,1H3,(H,34,37)/t27-/m0/s1. The number of benzene rings is 3. The zero-order valence-corrected chi connectivity index (χ0v) is 24.9. The zero-order chi connectivity index (χ0) is 27.5. The van der Waals surface area contributed by atoms with Gasteiger partial charge in [-0.3, -0.25) is 9.59 Å². The number of thioether (sulfide) groups is 1. The highest BCUT2D eigenvalue weighted by atomic mass is 35.5. The third-order valence-electron chi connectivity index (χ3n) is 5.93. The van der Waals surface area contributed by atoms with Crippen LogP contribution in [0.25, 0.3) is 0 Å². The quantitative estimate of drug-likeness (QED) is 0.199. The van der Waals surface area contributed by atoms with E-state index in [9.17, 15) is 9.59 Å². The molecule has 2 amide bonds. The average molecular weight is 612 g/mol. The van der Waals surface area contributed by atoms with Crippen LogP contribution in [-0.4, -0.2) is 35.1 Å². The van der Waals surface area contributed by atoms with Crippen molar-refractivity contribution in [2.75, 3.05) is 12.3 Å². The Morgan fingerprint density at radius 2 is 1.66 bits per heavy atom. The van der Waals surface area contributed by atoms with Crippen LogP contribution in [0.4, 0.5) is 0 Å². The molecule has 0 fully saturated rings. The van der Waals surface area contributed by atoms with E-state index < -0.39 is 6.04 Å². The first kappa shape index (κ1) is 30.6. The lowest BCUT2D eigenvalue weighted by Crippen LogP contribution is -2.51. The number of amides is 2. The average Bonchev–Trinajstić information content (AvgIpc) is 2.90. The Labute approximate surface area is 249 Å². The van der Waals surface area contributed by atoms with Crippen molar-refractivity contribution in [1.82, 2.24) is 10.2 Å². The van der Waals surface area contributed by atoms with E-state index in [2.05, 4.69) is 12.2 Å². The molecule has 0 aliphatic carbocycles. The first-order valence-corrected chi connectivity index (χ1v) is 15.0. The summed E-state index contributed by atoms with van der Waals surface area (Å²) in [6.45, 7) is 2.80. The van der Waals surface area contributed by atoms with Crippen molar-refractivity contribution in [3.8, 4) is 0 Å². The predicted octanol–water partition coefficient (Wildman–Crippen LogP) is 8.09. The molecule has 0 spiro atoms. The Kier molecular flexibility index (Phi) is 12.6. The molecule has 0 bridgehead atoms. The van der Waals surface area contributed by atoms with Crippen LogP contribution in [0.3, 0.4) is 0 Å². The summed E-state index contributed by atoms with van der Waals surface area (Å²) in [6, 6.07) is 19.6. The van der Waals surface area contributed by atoms with Gasteiger partial charge in [0.2, 0.25) is 11.8 Å². The van der Waals surface area contributed by atoms with E-state index in [-0.39, 0.29) is 24.1 Å². The number of carbonyl (C=O) groups excluding carboxylic acids is 2. The van der Waals surface area contributed by atoms with Crippen LogP contribution in [0.2, 0.25) is 20.1 Å². The van der Waals surface area contributed by atoms with Crippen molar-refractivity contribution < 1.29 is 9.59 Å². The van der Waals surface area contributed by atoms with Gasteiger partial charge >= 0.3 is 0 Å². The van der Waals surface area contributed by atoms with Crippen LogP contribution >= 0.6 is 58.2 Å². The van der Waals surface area contributed by atoms with E-state index in [1.54, 1.807) is 35.2 Å². The molecule has 0 unspecified atom stereocenters. The summed E-state index contributed by atoms with van der Waals surface area (Å²) < 4.78 is 0. The lowest BCUT2D eigenvalue weighted by atomic mass is 10.0. The van der Waals surface area contributed by atoms with E-state index in [1.807, 2.05) is 36.4 Å². The molecule has 0 aliphatic rings. The number of halogens is 4. The third-order valence-corrected chi connectivity index (χ3v) is 8.25. The number of nitrogens with one attached hydrogen (secondary N) is 1. The summed E-state index contributed by atoms with van der Waals surface area (Å²) in [4.78, 5) is 28.8. The van der Waals surface area contributed by atoms with Gasteiger partial charge in [-0.05, 0) is 47.4 Å². The molecule has 202 valence electrons. The molecule has 4 nitrogen and oxygen atoms in total. The summed E-state index contributed by atoms with van der Waals surface area (Å²) in [5, 5.41) is 4.94. The molecule has 0 aromatic heterocycles. The molecule has 0 heterocycles. The van der Waals surface area contributed by atoms with Crippen LogP contribution in [0.15, 0.2) is 66.7 Å². The van der Waals surface area contributed by atoms with Crippen LogP contribution in [0.5, 0.6) is 0 Å². The molecule has 0 radical (unpaired) electrons. The van der Waals surface area contributed by atoms with Crippen LogP contribution in [0.1, 0.15) is 36.5 Å². The summed E-state index contributed by atoms with van der Waals surface area (Å²) in [7, 11) is 0. The maximum Gasteiger partial charge on any atom is 0.243 e. The molecule has 3 aromatic carbocycles. The molecule has 0 aliphatic heterocycles. The molecule has 1 atom stereocenters. The van der Waals surface area contributed by atoms with Crippen molar-refractivity contribution in [2.45, 2.75) is 44.5 Å². The molecule has 3 rings (SSSR count). The largest absolute Gasteiger partial charge is 0.354 e. The Hall–Kier alpha value is -1.89. The Morgan fingerprint density at radius 1 is 0.895 bits per heavy atom. The number of unbranched alkanes of at least 4 members (excludes halogenated alkanes) is 1. The molecule has 0 saturated heterocycles. The van der Waals surface area contributed by atoms with Crippen LogP contribution in [-0.2, 0) is 28.3 Å². The van der Waals surface area contributed by atoms with E-state index >= 15 is 0 Å². The zero-order valence-electron chi connectivity index (χ0n) is 21.1. The predicted molar refractivity (Wildman–Crippen MR) is 161 cm³/mol. The van der Waals surface area contributed by atoms with Crippen molar-refractivity contribution in [2.24, 2.45) is 0 Å². The number of carbonyl (C=O) groups is 2. The lowest BCUT2D eigenvalue weighted by molar-refractivity contribution is -0.139. The molecule has 3 aromatic rings. The molecular formula is C29H30Cl4N2O2S. The van der Waals surface area contributed by atoms with Gasteiger partial charge in [-0.2, -0.15) is 0 Å². The third kappa shape index (κ3) is 9.39. The summed E-state index contributed by atoms with van der Waals surface area (Å²) in [6.07, 6.45) is 2.20. The maximum absolute atomic E-state index is 13.7.